The van der Waals surface area contributed by atoms with Crippen LogP contribution in [0.4, 0.5) is 0 Å². The Hall–Kier alpha value is -1.90. The number of para-hydroxylation sites is 1. The van der Waals surface area contributed by atoms with Crippen LogP contribution in [0.25, 0.3) is 10.9 Å². The summed E-state index contributed by atoms with van der Waals surface area (Å²) in [6.45, 7) is 0. The number of methoxy groups -OCH3 is 1. The van der Waals surface area contributed by atoms with E-state index >= 15 is 0 Å². The predicted molar refractivity (Wildman–Crippen MR) is 51.9 cm³/mol. The Morgan fingerprint density at radius 1 is 1.43 bits per heavy atom. The van der Waals surface area contributed by atoms with Crippen LogP contribution in [-0.4, -0.2) is 18.1 Å². The van der Waals surface area contributed by atoms with Crippen LogP contribution in [0.1, 0.15) is 10.5 Å². The number of aromatic nitrogens is 1. The zero-order valence-electron chi connectivity index (χ0n) is 7.65. The zero-order chi connectivity index (χ0) is 9.97. The van der Waals surface area contributed by atoms with Crippen molar-refractivity contribution in [3.05, 3.63) is 42.1 Å². The van der Waals surface area contributed by atoms with E-state index < -0.39 is 5.97 Å². The SMILES string of the molecule is COC(=O)c1[c]cc2ccccc2n1. The average Bonchev–Trinajstić information content (AvgIpc) is 2.27. The lowest BCUT2D eigenvalue weighted by atomic mass is 10.2. The molecule has 0 aliphatic heterocycles. The Balaban J connectivity index is 2.56. The highest BCUT2D eigenvalue weighted by Gasteiger charge is 2.07. The Kier molecular flexibility index (Phi) is 2.14. The van der Waals surface area contributed by atoms with Gasteiger partial charge in [0.25, 0.3) is 0 Å². The molecule has 1 radical (unpaired) electrons. The first-order valence-electron chi connectivity index (χ1n) is 4.17. The monoisotopic (exact) mass is 186 g/mol. The van der Waals surface area contributed by atoms with Crippen LogP contribution in [0.3, 0.4) is 0 Å². The van der Waals surface area contributed by atoms with Crippen molar-refractivity contribution in [1.82, 2.24) is 4.98 Å². The molecule has 0 amide bonds. The minimum atomic E-state index is -0.462. The molecule has 0 aliphatic rings. The van der Waals surface area contributed by atoms with E-state index in [4.69, 9.17) is 0 Å². The van der Waals surface area contributed by atoms with E-state index in [-0.39, 0.29) is 5.69 Å². The molecule has 0 atom stereocenters. The quantitative estimate of drug-likeness (QED) is 0.638. The molecule has 0 N–H and O–H groups in total. The molecule has 1 heterocycles. The summed E-state index contributed by atoms with van der Waals surface area (Å²) < 4.78 is 4.55. The molecule has 0 fully saturated rings. The largest absolute Gasteiger partial charge is 0.464 e. The number of nitrogens with zero attached hydrogens (tertiary/aromatic N) is 1. The summed E-state index contributed by atoms with van der Waals surface area (Å²) in [5, 5.41) is 0.958. The normalized spacial score (nSPS) is 10.1. The summed E-state index contributed by atoms with van der Waals surface area (Å²) in [4.78, 5) is 15.3. The minimum Gasteiger partial charge on any atom is -0.464 e. The molecule has 0 bridgehead atoms. The van der Waals surface area contributed by atoms with E-state index in [1.807, 2.05) is 24.3 Å². The minimum absolute atomic E-state index is 0.214. The van der Waals surface area contributed by atoms with Gasteiger partial charge in [0, 0.05) is 11.5 Å². The Morgan fingerprint density at radius 2 is 2.21 bits per heavy atom. The number of hydrogen-bond acceptors (Lipinski definition) is 3. The number of benzene rings is 1. The van der Waals surface area contributed by atoms with Crippen molar-refractivity contribution in [2.45, 2.75) is 0 Å². The lowest BCUT2D eigenvalue weighted by molar-refractivity contribution is 0.0594. The average molecular weight is 186 g/mol. The molecule has 0 unspecified atom stereocenters. The first-order valence-corrected chi connectivity index (χ1v) is 4.17. The number of hydrogen-bond donors (Lipinski definition) is 0. The van der Waals surface area contributed by atoms with Crippen molar-refractivity contribution >= 4 is 16.9 Å². The van der Waals surface area contributed by atoms with Gasteiger partial charge in [0.05, 0.1) is 12.6 Å². The molecule has 2 rings (SSSR count). The molecule has 69 valence electrons. The standard InChI is InChI=1S/C11H8NO2/c1-14-11(13)10-7-6-8-4-2-3-5-9(8)12-10/h2-6H,1H3. The van der Waals surface area contributed by atoms with Gasteiger partial charge in [-0.25, -0.2) is 9.78 Å². The van der Waals surface area contributed by atoms with Crippen LogP contribution in [0.2, 0.25) is 0 Å². The van der Waals surface area contributed by atoms with Gasteiger partial charge in [-0.2, -0.15) is 0 Å². The van der Waals surface area contributed by atoms with E-state index in [2.05, 4.69) is 15.8 Å². The van der Waals surface area contributed by atoms with Gasteiger partial charge in [0.1, 0.15) is 0 Å². The van der Waals surface area contributed by atoms with E-state index in [1.165, 1.54) is 7.11 Å². The molecule has 2 aromatic rings. The van der Waals surface area contributed by atoms with Crippen LogP contribution in [0, 0.1) is 6.07 Å². The Bertz CT molecular complexity index is 479. The molecule has 1 aromatic carbocycles. The molecule has 3 nitrogen and oxygen atoms in total. The molecular weight excluding hydrogens is 178 g/mol. The highest BCUT2D eigenvalue weighted by molar-refractivity contribution is 5.90. The van der Waals surface area contributed by atoms with Crippen molar-refractivity contribution in [1.29, 1.82) is 0 Å². The molecular formula is C11H8NO2. The van der Waals surface area contributed by atoms with E-state index in [0.717, 1.165) is 10.9 Å². The van der Waals surface area contributed by atoms with Gasteiger partial charge in [0.2, 0.25) is 0 Å². The van der Waals surface area contributed by atoms with E-state index in [9.17, 15) is 4.79 Å². The summed E-state index contributed by atoms with van der Waals surface area (Å²) in [5.74, 6) is -0.462. The van der Waals surface area contributed by atoms with Gasteiger partial charge in [0.15, 0.2) is 5.69 Å². The molecule has 0 saturated heterocycles. The summed E-state index contributed by atoms with van der Waals surface area (Å²) in [6.07, 6.45) is 0. The number of carbonyl (C=O) groups is 1. The van der Waals surface area contributed by atoms with Crippen LogP contribution in [-0.2, 0) is 4.74 Å². The zero-order valence-corrected chi connectivity index (χ0v) is 7.65. The fourth-order valence-electron chi connectivity index (χ4n) is 1.21. The summed E-state index contributed by atoms with van der Waals surface area (Å²) >= 11 is 0. The van der Waals surface area contributed by atoms with Crippen molar-refractivity contribution in [3.8, 4) is 0 Å². The van der Waals surface area contributed by atoms with Gasteiger partial charge in [-0.05, 0) is 12.1 Å². The fraction of sp³-hybridized carbons (Fsp3) is 0.0909. The summed E-state index contributed by atoms with van der Waals surface area (Å²) in [5.41, 5.74) is 0.984. The van der Waals surface area contributed by atoms with Gasteiger partial charge >= 0.3 is 5.97 Å². The van der Waals surface area contributed by atoms with Crippen LogP contribution in [0.15, 0.2) is 30.3 Å². The highest BCUT2D eigenvalue weighted by atomic mass is 16.5. The number of rotatable bonds is 1. The van der Waals surface area contributed by atoms with Crippen LogP contribution >= 0.6 is 0 Å². The second kappa shape index (κ2) is 3.46. The van der Waals surface area contributed by atoms with Gasteiger partial charge in [-0.15, -0.1) is 0 Å². The van der Waals surface area contributed by atoms with Gasteiger partial charge in [-0.3, -0.25) is 0 Å². The van der Waals surface area contributed by atoms with Gasteiger partial charge in [-0.1, -0.05) is 18.2 Å². The molecule has 0 saturated carbocycles. The van der Waals surface area contributed by atoms with Crippen molar-refractivity contribution in [2.24, 2.45) is 0 Å². The lowest BCUT2D eigenvalue weighted by Crippen LogP contribution is -2.03. The number of esters is 1. The second-order valence-corrected chi connectivity index (χ2v) is 2.80. The number of pyridine rings is 1. The smallest absolute Gasteiger partial charge is 0.357 e. The maximum atomic E-state index is 11.1. The first kappa shape index (κ1) is 8.69. The molecule has 3 heteroatoms. The van der Waals surface area contributed by atoms with Crippen molar-refractivity contribution in [2.75, 3.05) is 7.11 Å². The maximum Gasteiger partial charge on any atom is 0.357 e. The summed E-state index contributed by atoms with van der Waals surface area (Å²) in [7, 11) is 1.33. The Labute approximate surface area is 81.3 Å². The second-order valence-electron chi connectivity index (χ2n) is 2.80. The fourth-order valence-corrected chi connectivity index (χ4v) is 1.21. The third-order valence-corrected chi connectivity index (χ3v) is 1.91. The number of fused-ring (bicyclic) bond motifs is 1. The first-order chi connectivity index (χ1) is 6.81. The molecule has 0 spiro atoms. The third kappa shape index (κ3) is 1.44. The maximum absolute atomic E-state index is 11.1. The predicted octanol–water partition coefficient (Wildman–Crippen LogP) is 1.82. The van der Waals surface area contributed by atoms with Crippen molar-refractivity contribution < 1.29 is 9.53 Å². The number of ether oxygens (including phenoxy) is 1. The highest BCUT2D eigenvalue weighted by Crippen LogP contribution is 2.11. The van der Waals surface area contributed by atoms with Gasteiger partial charge < -0.3 is 4.74 Å². The van der Waals surface area contributed by atoms with E-state index in [1.54, 1.807) is 6.07 Å². The third-order valence-electron chi connectivity index (χ3n) is 1.91. The molecule has 0 aliphatic carbocycles. The number of carbonyl (C=O) groups excluding carboxylic acids is 1. The summed E-state index contributed by atoms with van der Waals surface area (Å²) in [6, 6.07) is 12.1. The van der Waals surface area contributed by atoms with E-state index in [0.29, 0.717) is 0 Å². The van der Waals surface area contributed by atoms with Crippen LogP contribution < -0.4 is 0 Å². The molecule has 1 aromatic heterocycles. The van der Waals surface area contributed by atoms with Crippen LogP contribution in [0.5, 0.6) is 0 Å². The topological polar surface area (TPSA) is 39.2 Å². The Morgan fingerprint density at radius 3 is 3.00 bits per heavy atom. The molecule has 14 heavy (non-hydrogen) atoms. The lowest BCUT2D eigenvalue weighted by Gasteiger charge is -1.99. The van der Waals surface area contributed by atoms with Crippen molar-refractivity contribution in [3.63, 3.8) is 0 Å².